The predicted octanol–water partition coefficient (Wildman–Crippen LogP) is 6.82. The fourth-order valence-corrected chi connectivity index (χ4v) is 5.26. The van der Waals surface area contributed by atoms with Gasteiger partial charge >= 0.3 is 6.18 Å². The minimum absolute atomic E-state index is 0.0579. The van der Waals surface area contributed by atoms with Crippen LogP contribution in [0.2, 0.25) is 0 Å². The lowest BCUT2D eigenvalue weighted by atomic mass is 9.96. The zero-order chi connectivity index (χ0) is 25.6. The SMILES string of the molecule is Cc1cc([C@@H]2[C@H](c3ccccn3)NC(=S)N2c2ccc(F)cc2)c(C)n1-c1ccccc1C(F)(F)F. The Morgan fingerprint density at radius 1 is 0.944 bits per heavy atom. The van der Waals surface area contributed by atoms with E-state index >= 15 is 0 Å². The first-order valence-electron chi connectivity index (χ1n) is 11.3. The van der Waals surface area contributed by atoms with Crippen LogP contribution in [0, 0.1) is 19.7 Å². The lowest BCUT2D eigenvalue weighted by Crippen LogP contribution is -2.29. The highest BCUT2D eigenvalue weighted by Crippen LogP contribution is 2.44. The number of hydrogen-bond acceptors (Lipinski definition) is 2. The second kappa shape index (κ2) is 9.05. The van der Waals surface area contributed by atoms with Crippen molar-refractivity contribution >= 4 is 23.0 Å². The van der Waals surface area contributed by atoms with Crippen molar-refractivity contribution in [1.29, 1.82) is 0 Å². The molecule has 0 saturated carbocycles. The number of hydrogen-bond donors (Lipinski definition) is 1. The molecule has 1 fully saturated rings. The number of nitrogens with zero attached hydrogens (tertiary/aromatic N) is 3. The molecule has 184 valence electrons. The van der Waals surface area contributed by atoms with Gasteiger partial charge in [0, 0.05) is 23.3 Å². The molecule has 0 aliphatic carbocycles. The molecule has 0 radical (unpaired) electrons. The molecule has 2 atom stereocenters. The maximum absolute atomic E-state index is 13.9. The third-order valence-electron chi connectivity index (χ3n) is 6.44. The van der Waals surface area contributed by atoms with Gasteiger partial charge in [-0.25, -0.2) is 4.39 Å². The zero-order valence-electron chi connectivity index (χ0n) is 19.4. The number of rotatable bonds is 4. The third-order valence-corrected chi connectivity index (χ3v) is 6.76. The van der Waals surface area contributed by atoms with Crippen molar-refractivity contribution in [3.8, 4) is 5.69 Å². The second-order valence-electron chi connectivity index (χ2n) is 8.65. The van der Waals surface area contributed by atoms with Gasteiger partial charge in [0.25, 0.3) is 0 Å². The van der Waals surface area contributed by atoms with E-state index < -0.39 is 17.8 Å². The lowest BCUT2D eigenvalue weighted by Gasteiger charge is -2.28. The van der Waals surface area contributed by atoms with E-state index in [2.05, 4.69) is 10.3 Å². The number of nitrogens with one attached hydrogen (secondary N) is 1. The maximum Gasteiger partial charge on any atom is 0.418 e. The molecular weight excluding hydrogens is 488 g/mol. The number of halogens is 4. The van der Waals surface area contributed by atoms with Gasteiger partial charge < -0.3 is 14.8 Å². The third kappa shape index (κ3) is 4.13. The van der Waals surface area contributed by atoms with Crippen LogP contribution in [0.25, 0.3) is 5.69 Å². The number of alkyl halides is 3. The minimum Gasteiger partial charge on any atom is -0.351 e. The second-order valence-corrected chi connectivity index (χ2v) is 9.04. The Kier molecular flexibility index (Phi) is 6.04. The van der Waals surface area contributed by atoms with Crippen LogP contribution in [0.3, 0.4) is 0 Å². The standard InChI is InChI=1S/C27H22F4N4S/c1-16-15-20(17(2)34(16)23-9-4-3-7-21(23)27(29,30)31)25-24(22-8-5-6-14-32-22)33-26(36)35(25)19-12-10-18(28)11-13-19/h3-15,24-25H,1-2H3,(H,33,36)/t24-,25+/m0/s1. The molecule has 0 amide bonds. The molecule has 0 spiro atoms. The fraction of sp³-hybridized carbons (Fsp3) is 0.185. The molecule has 9 heteroatoms. The maximum atomic E-state index is 13.9. The number of thiocarbonyl (C=S) groups is 1. The van der Waals surface area contributed by atoms with E-state index in [0.717, 1.165) is 17.3 Å². The Bertz CT molecular complexity index is 1410. The van der Waals surface area contributed by atoms with Crippen LogP contribution in [0.15, 0.2) is 79.0 Å². The average molecular weight is 511 g/mol. The van der Waals surface area contributed by atoms with Gasteiger partial charge in [-0.1, -0.05) is 18.2 Å². The Morgan fingerprint density at radius 3 is 2.31 bits per heavy atom. The first kappa shape index (κ1) is 24.0. The molecule has 0 bridgehead atoms. The molecule has 1 saturated heterocycles. The Labute approximate surface area is 211 Å². The molecule has 1 aliphatic heterocycles. The molecule has 1 aliphatic rings. The van der Waals surface area contributed by atoms with Crippen molar-refractivity contribution in [2.24, 2.45) is 0 Å². The van der Waals surface area contributed by atoms with E-state index in [-0.39, 0.29) is 17.5 Å². The molecule has 5 rings (SSSR count). The summed E-state index contributed by atoms with van der Waals surface area (Å²) in [7, 11) is 0. The van der Waals surface area contributed by atoms with E-state index in [1.165, 1.54) is 24.3 Å². The van der Waals surface area contributed by atoms with Crippen LogP contribution < -0.4 is 10.2 Å². The monoisotopic (exact) mass is 510 g/mol. The summed E-state index contributed by atoms with van der Waals surface area (Å²) in [4.78, 5) is 6.38. The van der Waals surface area contributed by atoms with Crippen molar-refractivity contribution in [3.05, 3.63) is 113 Å². The molecule has 2 aromatic heterocycles. The minimum atomic E-state index is -4.51. The Balaban J connectivity index is 1.70. The molecule has 0 unspecified atom stereocenters. The van der Waals surface area contributed by atoms with Crippen molar-refractivity contribution in [3.63, 3.8) is 0 Å². The molecule has 36 heavy (non-hydrogen) atoms. The summed E-state index contributed by atoms with van der Waals surface area (Å²) >= 11 is 5.69. The van der Waals surface area contributed by atoms with Crippen molar-refractivity contribution in [2.45, 2.75) is 32.1 Å². The summed E-state index contributed by atoms with van der Waals surface area (Å²) < 4.78 is 56.9. The van der Waals surface area contributed by atoms with Gasteiger partial charge in [-0.2, -0.15) is 13.2 Å². The van der Waals surface area contributed by atoms with Gasteiger partial charge in [0.1, 0.15) is 5.82 Å². The molecule has 1 N–H and O–H groups in total. The van der Waals surface area contributed by atoms with E-state index in [4.69, 9.17) is 12.2 Å². The topological polar surface area (TPSA) is 33.1 Å². The van der Waals surface area contributed by atoms with Crippen molar-refractivity contribution in [1.82, 2.24) is 14.9 Å². The number of anilines is 1. The van der Waals surface area contributed by atoms with Crippen LogP contribution in [0.5, 0.6) is 0 Å². The zero-order valence-corrected chi connectivity index (χ0v) is 20.2. The highest BCUT2D eigenvalue weighted by atomic mass is 32.1. The van der Waals surface area contributed by atoms with E-state index in [1.54, 1.807) is 42.8 Å². The van der Waals surface area contributed by atoms with Crippen LogP contribution in [0.4, 0.5) is 23.2 Å². The van der Waals surface area contributed by atoms with Crippen LogP contribution >= 0.6 is 12.2 Å². The van der Waals surface area contributed by atoms with Gasteiger partial charge in [0.2, 0.25) is 0 Å². The van der Waals surface area contributed by atoms with Crippen LogP contribution in [-0.4, -0.2) is 14.7 Å². The van der Waals surface area contributed by atoms with Crippen LogP contribution in [0.1, 0.15) is 40.3 Å². The smallest absolute Gasteiger partial charge is 0.351 e. The van der Waals surface area contributed by atoms with Crippen molar-refractivity contribution < 1.29 is 17.6 Å². The van der Waals surface area contributed by atoms with Crippen molar-refractivity contribution in [2.75, 3.05) is 4.90 Å². The highest BCUT2D eigenvalue weighted by molar-refractivity contribution is 7.80. The molecular formula is C27H22F4N4S. The lowest BCUT2D eigenvalue weighted by molar-refractivity contribution is -0.137. The van der Waals surface area contributed by atoms with Gasteiger partial charge in [0.05, 0.1) is 29.0 Å². The number of benzene rings is 2. The van der Waals surface area contributed by atoms with Gasteiger partial charge in [-0.05, 0) is 86.2 Å². The summed E-state index contributed by atoms with van der Waals surface area (Å²) in [6.45, 7) is 3.58. The number of para-hydroxylation sites is 1. The quantitative estimate of drug-likeness (QED) is 0.241. The first-order chi connectivity index (χ1) is 17.2. The molecule has 4 aromatic rings. The van der Waals surface area contributed by atoms with Gasteiger partial charge in [0.15, 0.2) is 5.11 Å². The number of aromatic nitrogens is 2. The highest BCUT2D eigenvalue weighted by Gasteiger charge is 2.43. The fourth-order valence-electron chi connectivity index (χ4n) is 4.92. The molecule has 3 heterocycles. The summed E-state index contributed by atoms with van der Waals surface area (Å²) in [6.07, 6.45) is -2.83. The summed E-state index contributed by atoms with van der Waals surface area (Å²) in [5.74, 6) is -0.378. The molecule has 2 aromatic carbocycles. The number of pyridine rings is 1. The van der Waals surface area contributed by atoms with Gasteiger partial charge in [-0.15, -0.1) is 0 Å². The van der Waals surface area contributed by atoms with E-state index in [0.29, 0.717) is 22.2 Å². The Hall–Kier alpha value is -3.72. The largest absolute Gasteiger partial charge is 0.418 e. The predicted molar refractivity (Wildman–Crippen MR) is 135 cm³/mol. The molecule has 4 nitrogen and oxygen atoms in total. The van der Waals surface area contributed by atoms with Crippen LogP contribution in [-0.2, 0) is 6.18 Å². The average Bonchev–Trinajstić information content (AvgIpc) is 3.34. The van der Waals surface area contributed by atoms with E-state index in [1.807, 2.05) is 29.2 Å². The number of aryl methyl sites for hydroxylation is 1. The Morgan fingerprint density at radius 2 is 1.64 bits per heavy atom. The summed E-state index contributed by atoms with van der Waals surface area (Å²) in [5.41, 5.74) is 2.83. The van der Waals surface area contributed by atoms with E-state index in [9.17, 15) is 17.6 Å². The summed E-state index contributed by atoms with van der Waals surface area (Å²) in [6, 6.07) is 18.1. The first-order valence-corrected chi connectivity index (χ1v) is 11.7. The normalized spacial score (nSPS) is 17.9. The van der Waals surface area contributed by atoms with Gasteiger partial charge in [-0.3, -0.25) is 4.98 Å². The summed E-state index contributed by atoms with van der Waals surface area (Å²) in [5, 5.41) is 3.74.